The molecule has 3 atom stereocenters. The lowest BCUT2D eigenvalue weighted by molar-refractivity contribution is -0.301. The summed E-state index contributed by atoms with van der Waals surface area (Å²) in [6.07, 6.45) is -15.1. The second-order valence-corrected chi connectivity index (χ2v) is 11.6. The van der Waals surface area contributed by atoms with Crippen molar-refractivity contribution in [2.45, 2.75) is 95.7 Å². The molecule has 0 saturated heterocycles. The van der Waals surface area contributed by atoms with E-state index in [-0.39, 0.29) is 12.8 Å². The Hall–Kier alpha value is -3.92. The largest absolute Gasteiger partial charge is 0.474 e. The number of carbonyl (C=O) groups is 1. The summed E-state index contributed by atoms with van der Waals surface area (Å²) in [6, 6.07) is 8.47. The lowest BCUT2D eigenvalue weighted by Crippen LogP contribution is -2.46. The van der Waals surface area contributed by atoms with Crippen molar-refractivity contribution in [2.75, 3.05) is 5.32 Å². The van der Waals surface area contributed by atoms with Crippen LogP contribution in [0.1, 0.15) is 70.4 Å². The van der Waals surface area contributed by atoms with E-state index in [9.17, 15) is 36.2 Å². The van der Waals surface area contributed by atoms with Gasteiger partial charge in [0.05, 0.1) is 24.5 Å². The van der Waals surface area contributed by atoms with Gasteiger partial charge in [0.2, 0.25) is 11.5 Å². The fraction of sp³-hybridized carbons (Fsp3) is 0.517. The molecule has 2 aromatic heterocycles. The van der Waals surface area contributed by atoms with E-state index in [1.165, 1.54) is 27.7 Å². The lowest BCUT2D eigenvalue weighted by Gasteiger charge is -2.33. The summed E-state index contributed by atoms with van der Waals surface area (Å²) in [5.41, 5.74) is -6.53. The number of ether oxygens (including phenoxy) is 3. The molecule has 10 nitrogen and oxygen atoms in total. The van der Waals surface area contributed by atoms with Gasteiger partial charge in [0, 0.05) is 0 Å². The zero-order valence-corrected chi connectivity index (χ0v) is 24.8. The number of aromatic nitrogens is 3. The van der Waals surface area contributed by atoms with Crippen LogP contribution in [-0.4, -0.2) is 50.4 Å². The van der Waals surface area contributed by atoms with Gasteiger partial charge in [-0.1, -0.05) is 30.3 Å². The Balaban J connectivity index is 1.91. The lowest BCUT2D eigenvalue weighted by atomic mass is 9.92. The first kappa shape index (κ1) is 34.0. The van der Waals surface area contributed by atoms with Crippen LogP contribution < -0.4 is 10.1 Å². The maximum Gasteiger partial charge on any atom is 0.426 e. The number of fused-ring (bicyclic) bond motifs is 5. The number of nitrogens with zero attached hydrogens (tertiary/aromatic N) is 3. The minimum atomic E-state index is -5.16. The van der Waals surface area contributed by atoms with Gasteiger partial charge in [0.15, 0.2) is 5.69 Å². The molecule has 1 amide bonds. The summed E-state index contributed by atoms with van der Waals surface area (Å²) in [4.78, 5) is 16.5. The Morgan fingerprint density at radius 3 is 2.38 bits per heavy atom. The van der Waals surface area contributed by atoms with Gasteiger partial charge in [0.25, 0.3) is 11.8 Å². The molecule has 246 valence electrons. The van der Waals surface area contributed by atoms with Crippen molar-refractivity contribution in [1.82, 2.24) is 15.2 Å². The average molecular weight is 647 g/mol. The number of hydrogen-bond donors (Lipinski definition) is 2. The first-order chi connectivity index (χ1) is 20.9. The van der Waals surface area contributed by atoms with Crippen LogP contribution in [0, 0.1) is 0 Å². The monoisotopic (exact) mass is 646 g/mol. The van der Waals surface area contributed by atoms with Crippen LogP contribution in [0.25, 0.3) is 11.6 Å². The molecular weight excluding hydrogens is 614 g/mol. The first-order valence-electron chi connectivity index (χ1n) is 13.9. The molecule has 16 heteroatoms. The zero-order chi connectivity index (χ0) is 33.2. The van der Waals surface area contributed by atoms with Gasteiger partial charge in [-0.25, -0.2) is 9.78 Å². The van der Waals surface area contributed by atoms with E-state index in [4.69, 9.17) is 18.6 Å². The van der Waals surface area contributed by atoms with Crippen LogP contribution in [0.4, 0.5) is 36.8 Å². The van der Waals surface area contributed by atoms with Gasteiger partial charge < -0.3 is 23.7 Å². The number of aliphatic hydroxyl groups is 1. The van der Waals surface area contributed by atoms with E-state index < -0.39 is 95.9 Å². The number of amides is 1. The van der Waals surface area contributed by atoms with Crippen LogP contribution in [-0.2, 0) is 27.9 Å². The maximum absolute atomic E-state index is 15.0. The quantitative estimate of drug-likeness (QED) is 0.283. The maximum atomic E-state index is 15.0. The topological polar surface area (TPSA) is 129 Å². The summed E-state index contributed by atoms with van der Waals surface area (Å²) in [7, 11) is 0. The molecule has 0 spiro atoms. The van der Waals surface area contributed by atoms with Gasteiger partial charge in [0.1, 0.15) is 11.2 Å². The van der Waals surface area contributed by atoms with E-state index in [1.54, 1.807) is 30.3 Å². The highest BCUT2D eigenvalue weighted by atomic mass is 19.4. The van der Waals surface area contributed by atoms with Crippen molar-refractivity contribution in [1.29, 1.82) is 0 Å². The second kappa shape index (κ2) is 12.8. The molecule has 1 aromatic carbocycles. The first-order valence-corrected chi connectivity index (χ1v) is 13.9. The van der Waals surface area contributed by atoms with Crippen LogP contribution in [0.2, 0.25) is 0 Å². The van der Waals surface area contributed by atoms with Crippen LogP contribution in [0.15, 0.2) is 40.8 Å². The Morgan fingerprint density at radius 2 is 1.76 bits per heavy atom. The van der Waals surface area contributed by atoms with E-state index in [2.05, 4.69) is 20.5 Å². The number of nitrogens with one attached hydrogen (secondary N) is 1. The third kappa shape index (κ3) is 8.22. The van der Waals surface area contributed by atoms with Crippen molar-refractivity contribution in [3.8, 4) is 17.5 Å². The highest BCUT2D eigenvalue weighted by Gasteiger charge is 2.61. The zero-order valence-electron chi connectivity index (χ0n) is 24.8. The van der Waals surface area contributed by atoms with Gasteiger partial charge in [-0.15, -0.1) is 10.2 Å². The molecule has 0 radical (unpaired) electrons. The third-order valence-electron chi connectivity index (χ3n) is 6.74. The van der Waals surface area contributed by atoms with E-state index in [1.807, 2.05) is 0 Å². The number of alkyl halides is 6. The predicted octanol–water partition coefficient (Wildman–Crippen LogP) is 7.17. The fourth-order valence-corrected chi connectivity index (χ4v) is 4.50. The molecule has 4 bridgehead atoms. The van der Waals surface area contributed by atoms with E-state index >= 15 is 0 Å². The van der Waals surface area contributed by atoms with E-state index in [0.29, 0.717) is 11.6 Å². The van der Waals surface area contributed by atoms with Crippen molar-refractivity contribution in [3.05, 3.63) is 53.4 Å². The molecule has 3 aromatic rings. The minimum absolute atomic E-state index is 0.0321. The third-order valence-corrected chi connectivity index (χ3v) is 6.74. The number of aliphatic hydroxyl groups excluding tert-OH is 1. The van der Waals surface area contributed by atoms with Crippen molar-refractivity contribution < 1.29 is 54.9 Å². The van der Waals surface area contributed by atoms with Gasteiger partial charge in [-0.05, 0) is 65.0 Å². The molecule has 0 fully saturated rings. The predicted molar refractivity (Wildman–Crippen MR) is 146 cm³/mol. The fourth-order valence-electron chi connectivity index (χ4n) is 4.50. The number of hydrogen-bond acceptors (Lipinski definition) is 9. The number of pyridine rings is 1. The smallest absolute Gasteiger partial charge is 0.426 e. The second-order valence-electron chi connectivity index (χ2n) is 11.6. The summed E-state index contributed by atoms with van der Waals surface area (Å²) >= 11 is 0. The van der Waals surface area contributed by atoms with Crippen molar-refractivity contribution in [3.63, 3.8) is 0 Å². The molecule has 0 aliphatic carbocycles. The Morgan fingerprint density at radius 1 is 1.07 bits per heavy atom. The number of carbonyl (C=O) groups excluding carboxylic acids is 1. The van der Waals surface area contributed by atoms with Crippen LogP contribution >= 0.6 is 0 Å². The Labute approximate surface area is 254 Å². The Bertz CT molecular complexity index is 1470. The number of rotatable bonds is 4. The van der Waals surface area contributed by atoms with Gasteiger partial charge in [-0.3, -0.25) is 5.32 Å². The SMILES string of the molecule is C[C@@H]1CCC(O)CC[C@](OCc2ccccc2)(C(F)(F)F)c2nnc(o2)-c2nc(c(C(F)(F)F)cc2NC(=O)OC(C)(C)C)O1. The highest BCUT2D eigenvalue weighted by molar-refractivity contribution is 5.89. The molecule has 0 saturated carbocycles. The molecule has 4 rings (SSSR count). The Kier molecular flexibility index (Phi) is 9.68. The van der Waals surface area contributed by atoms with Gasteiger partial charge >= 0.3 is 18.4 Å². The summed E-state index contributed by atoms with van der Waals surface area (Å²) < 4.78 is 109. The number of benzene rings is 1. The number of anilines is 1. The normalized spacial score (nSPS) is 21.4. The van der Waals surface area contributed by atoms with E-state index in [0.717, 1.165) is 0 Å². The molecule has 3 heterocycles. The molecule has 1 aliphatic heterocycles. The molecule has 1 aliphatic rings. The highest BCUT2D eigenvalue weighted by Crippen LogP contribution is 2.48. The van der Waals surface area contributed by atoms with Crippen LogP contribution in [0.3, 0.4) is 0 Å². The van der Waals surface area contributed by atoms with Crippen LogP contribution in [0.5, 0.6) is 5.88 Å². The number of halogens is 6. The molecule has 2 N–H and O–H groups in total. The van der Waals surface area contributed by atoms with Crippen molar-refractivity contribution in [2.24, 2.45) is 0 Å². The minimum Gasteiger partial charge on any atom is -0.474 e. The molecular formula is C29H32F6N4O6. The molecule has 45 heavy (non-hydrogen) atoms. The molecule has 1 unspecified atom stereocenters. The summed E-state index contributed by atoms with van der Waals surface area (Å²) in [5, 5.41) is 20.0. The standard InChI is InChI=1S/C29H32F6N4O6/c1-16-10-11-18(40)12-13-27(29(33,34)35,42-15-17-8-6-5-7-9-17)24-39-38-23(44-24)21-20(36-25(41)45-26(2,3)4)14-19(28(30,31)32)22(37-21)43-16/h5-9,14,16,18,40H,10-13,15H2,1-4H3,(H,36,41)/t16-,18?,27-/m1/s1. The summed E-state index contributed by atoms with van der Waals surface area (Å²) in [6.45, 7) is 5.43. The van der Waals surface area contributed by atoms with Crippen molar-refractivity contribution >= 4 is 11.8 Å². The summed E-state index contributed by atoms with van der Waals surface area (Å²) in [5.74, 6) is -2.80. The average Bonchev–Trinajstić information content (AvgIpc) is 3.41. The van der Waals surface area contributed by atoms with Gasteiger partial charge in [-0.2, -0.15) is 26.3 Å².